The van der Waals surface area contributed by atoms with Gasteiger partial charge in [-0.2, -0.15) is 33.2 Å². The van der Waals surface area contributed by atoms with Crippen LogP contribution in [0.25, 0.3) is 0 Å². The van der Waals surface area contributed by atoms with E-state index < -0.39 is 11.7 Å². The smallest absolute Gasteiger partial charge is 0.378 e. The lowest BCUT2D eigenvalue weighted by Crippen LogP contribution is -2.37. The molecule has 0 unspecified atom stereocenters. The van der Waals surface area contributed by atoms with Crippen molar-refractivity contribution in [2.75, 3.05) is 41.9 Å². The summed E-state index contributed by atoms with van der Waals surface area (Å²) >= 11 is 3.40. The van der Waals surface area contributed by atoms with Crippen LogP contribution in [0.4, 0.5) is 36.7 Å². The van der Waals surface area contributed by atoms with Crippen LogP contribution in [0.3, 0.4) is 0 Å². The summed E-state index contributed by atoms with van der Waals surface area (Å²) in [6.45, 7) is 2.19. The van der Waals surface area contributed by atoms with Crippen molar-refractivity contribution in [3.05, 3.63) is 64.1 Å². The number of rotatable bonds is 6. The number of hydrazone groups is 1. The van der Waals surface area contributed by atoms with Crippen molar-refractivity contribution >= 4 is 45.7 Å². The Morgan fingerprint density at radius 2 is 1.76 bits per heavy atom. The average Bonchev–Trinajstić information content (AvgIpc) is 2.79. The molecule has 0 spiro atoms. The highest BCUT2D eigenvalue weighted by Crippen LogP contribution is 2.31. The minimum Gasteiger partial charge on any atom is -0.378 e. The second-order valence-corrected chi connectivity index (χ2v) is 7.93. The normalized spacial score (nSPS) is 14.5. The summed E-state index contributed by atoms with van der Waals surface area (Å²) in [7, 11) is 0. The molecule has 1 aliphatic rings. The van der Waals surface area contributed by atoms with E-state index in [-0.39, 0.29) is 17.6 Å². The number of hydrogen-bond acceptors (Lipinski definition) is 8. The fraction of sp³-hybridized carbons (Fsp3) is 0.238. The first-order valence-corrected chi connectivity index (χ1v) is 10.7. The van der Waals surface area contributed by atoms with Crippen molar-refractivity contribution in [3.8, 4) is 0 Å². The zero-order valence-electron chi connectivity index (χ0n) is 17.2. The van der Waals surface area contributed by atoms with Crippen LogP contribution >= 0.6 is 15.9 Å². The third kappa shape index (κ3) is 6.39. The van der Waals surface area contributed by atoms with E-state index in [2.05, 4.69) is 46.7 Å². The summed E-state index contributed by atoms with van der Waals surface area (Å²) in [6, 6.07) is 12.4. The van der Waals surface area contributed by atoms with Crippen molar-refractivity contribution in [2.45, 2.75) is 6.18 Å². The molecule has 2 aromatic carbocycles. The van der Waals surface area contributed by atoms with Crippen molar-refractivity contribution < 1.29 is 17.9 Å². The minimum atomic E-state index is -4.45. The lowest BCUT2D eigenvalue weighted by atomic mass is 10.2. The van der Waals surface area contributed by atoms with Crippen molar-refractivity contribution in [2.24, 2.45) is 5.10 Å². The Morgan fingerprint density at radius 1 is 1.00 bits per heavy atom. The maximum Gasteiger partial charge on any atom is 0.416 e. The first kappa shape index (κ1) is 22.9. The van der Waals surface area contributed by atoms with Crippen molar-refractivity contribution in [3.63, 3.8) is 0 Å². The van der Waals surface area contributed by atoms with Crippen LogP contribution in [0.5, 0.6) is 0 Å². The summed E-state index contributed by atoms with van der Waals surface area (Å²) in [6.07, 6.45) is -2.85. The summed E-state index contributed by atoms with van der Waals surface area (Å²) in [5.74, 6) is 0.598. The summed E-state index contributed by atoms with van der Waals surface area (Å²) in [5.41, 5.74) is 3.05. The van der Waals surface area contributed by atoms with Gasteiger partial charge in [0.05, 0.1) is 25.0 Å². The fourth-order valence-electron chi connectivity index (χ4n) is 3.03. The predicted molar refractivity (Wildman–Crippen MR) is 123 cm³/mol. The molecule has 4 rings (SSSR count). The highest BCUT2D eigenvalue weighted by atomic mass is 79.9. The molecule has 0 atom stereocenters. The number of nitrogens with zero attached hydrogens (tertiary/aromatic N) is 5. The van der Waals surface area contributed by atoms with Gasteiger partial charge in [-0.05, 0) is 35.9 Å². The van der Waals surface area contributed by atoms with Crippen LogP contribution in [0.1, 0.15) is 11.1 Å². The van der Waals surface area contributed by atoms with E-state index in [0.29, 0.717) is 32.3 Å². The second kappa shape index (κ2) is 10.1. The van der Waals surface area contributed by atoms with Crippen molar-refractivity contribution in [1.82, 2.24) is 15.0 Å². The van der Waals surface area contributed by atoms with Gasteiger partial charge in [0, 0.05) is 23.2 Å². The lowest BCUT2D eigenvalue weighted by Gasteiger charge is -2.27. The first-order valence-electron chi connectivity index (χ1n) is 9.94. The van der Waals surface area contributed by atoms with Crippen LogP contribution in [0.15, 0.2) is 58.1 Å². The van der Waals surface area contributed by atoms with Gasteiger partial charge in [0.2, 0.25) is 17.8 Å². The number of morpholine rings is 1. The van der Waals surface area contributed by atoms with Crippen LogP contribution in [-0.2, 0) is 10.9 Å². The minimum absolute atomic E-state index is 0.0889. The standard InChI is InChI=1S/C21H19BrF3N7O/c22-16-5-1-3-14(11-16)13-26-31-19-28-18(29-20(30-19)32-7-9-33-10-8-32)27-17-6-2-4-15(12-17)21(23,24)25/h1-6,11-13H,7-10H2,(H2,27,28,29,30,31)/b26-13-. The Hall–Kier alpha value is -3.25. The third-order valence-electron chi connectivity index (χ3n) is 4.59. The number of benzene rings is 2. The molecular weight excluding hydrogens is 503 g/mol. The zero-order chi connectivity index (χ0) is 23.3. The van der Waals surface area contributed by atoms with Crippen LogP contribution < -0.4 is 15.6 Å². The molecule has 33 heavy (non-hydrogen) atoms. The monoisotopic (exact) mass is 521 g/mol. The molecule has 0 amide bonds. The van der Waals surface area contributed by atoms with Gasteiger partial charge >= 0.3 is 6.18 Å². The quantitative estimate of drug-likeness (QED) is 0.359. The number of ether oxygens (including phenoxy) is 1. The molecule has 8 nitrogen and oxygen atoms in total. The van der Waals surface area contributed by atoms with E-state index in [9.17, 15) is 13.2 Å². The maximum atomic E-state index is 13.1. The van der Waals surface area contributed by atoms with Gasteiger partial charge in [0.25, 0.3) is 0 Å². The van der Waals surface area contributed by atoms with E-state index in [1.54, 1.807) is 6.21 Å². The Morgan fingerprint density at radius 3 is 2.52 bits per heavy atom. The third-order valence-corrected chi connectivity index (χ3v) is 5.08. The molecule has 172 valence electrons. The first-order chi connectivity index (χ1) is 15.9. The molecule has 1 aromatic heterocycles. The zero-order valence-corrected chi connectivity index (χ0v) is 18.8. The van der Waals surface area contributed by atoms with E-state index in [1.165, 1.54) is 12.1 Å². The van der Waals surface area contributed by atoms with Gasteiger partial charge < -0.3 is 15.0 Å². The van der Waals surface area contributed by atoms with Gasteiger partial charge in [0.1, 0.15) is 0 Å². The highest BCUT2D eigenvalue weighted by molar-refractivity contribution is 9.10. The van der Waals surface area contributed by atoms with E-state index in [4.69, 9.17) is 4.74 Å². The second-order valence-electron chi connectivity index (χ2n) is 7.01. The average molecular weight is 522 g/mol. The number of hydrogen-bond donors (Lipinski definition) is 2. The molecule has 1 aliphatic heterocycles. The number of halogens is 4. The molecule has 0 radical (unpaired) electrons. The van der Waals surface area contributed by atoms with Gasteiger partial charge in [-0.15, -0.1) is 0 Å². The van der Waals surface area contributed by atoms with Crippen LogP contribution in [-0.4, -0.2) is 47.5 Å². The van der Waals surface area contributed by atoms with Gasteiger partial charge in [-0.25, -0.2) is 5.43 Å². The summed E-state index contributed by atoms with van der Waals surface area (Å²) < 4.78 is 45.5. The van der Waals surface area contributed by atoms with Crippen LogP contribution in [0, 0.1) is 0 Å². The largest absolute Gasteiger partial charge is 0.416 e. The van der Waals surface area contributed by atoms with Crippen LogP contribution in [0.2, 0.25) is 0 Å². The van der Waals surface area contributed by atoms with E-state index >= 15 is 0 Å². The molecule has 12 heteroatoms. The predicted octanol–water partition coefficient (Wildman–Crippen LogP) is 4.68. The Kier molecular flexibility index (Phi) is 7.04. The summed E-state index contributed by atoms with van der Waals surface area (Å²) in [4.78, 5) is 14.9. The molecule has 2 N–H and O–H groups in total. The maximum absolute atomic E-state index is 13.1. The number of alkyl halides is 3. The van der Waals surface area contributed by atoms with E-state index in [0.717, 1.165) is 22.2 Å². The SMILES string of the molecule is FC(F)(F)c1cccc(Nc2nc(N/N=C\c3cccc(Br)c3)nc(N3CCOCC3)n2)c1. The van der Waals surface area contributed by atoms with Gasteiger partial charge in [-0.1, -0.05) is 34.1 Å². The Balaban J connectivity index is 1.59. The highest BCUT2D eigenvalue weighted by Gasteiger charge is 2.30. The molecule has 2 heterocycles. The molecule has 1 fully saturated rings. The fourth-order valence-corrected chi connectivity index (χ4v) is 3.45. The number of aromatic nitrogens is 3. The lowest BCUT2D eigenvalue weighted by molar-refractivity contribution is -0.137. The van der Waals surface area contributed by atoms with Crippen molar-refractivity contribution in [1.29, 1.82) is 0 Å². The number of nitrogens with one attached hydrogen (secondary N) is 2. The molecule has 0 aliphatic carbocycles. The number of anilines is 4. The van der Waals surface area contributed by atoms with E-state index in [1.807, 2.05) is 29.2 Å². The Bertz CT molecular complexity index is 1140. The molecular formula is C21H19BrF3N7O. The molecule has 3 aromatic rings. The Labute approximate surface area is 196 Å². The molecule has 0 bridgehead atoms. The van der Waals surface area contributed by atoms with Gasteiger partial charge in [-0.3, -0.25) is 0 Å². The molecule has 0 saturated carbocycles. The topological polar surface area (TPSA) is 87.6 Å². The summed E-state index contributed by atoms with van der Waals surface area (Å²) in [5, 5.41) is 7.00. The van der Waals surface area contributed by atoms with Gasteiger partial charge in [0.15, 0.2) is 0 Å². The molecule has 1 saturated heterocycles.